The number of carboxylic acids is 1. The van der Waals surface area contributed by atoms with E-state index in [0.29, 0.717) is 6.42 Å². The molecule has 0 aromatic carbocycles. The first-order chi connectivity index (χ1) is 8.61. The number of carbonyl (C=O) groups excluding carboxylic acids is 2. The van der Waals surface area contributed by atoms with Gasteiger partial charge in [-0.3, -0.25) is 14.4 Å². The number of amides is 2. The zero-order valence-corrected chi connectivity index (χ0v) is 11.9. The summed E-state index contributed by atoms with van der Waals surface area (Å²) in [5, 5.41) is 11.8. The number of likely N-dealkylation sites (tertiary alicyclic amines) is 1. The maximum atomic E-state index is 12.0. The lowest BCUT2D eigenvalue weighted by atomic mass is 9.96. The summed E-state index contributed by atoms with van der Waals surface area (Å²) in [6, 6.07) is -0.645. The summed E-state index contributed by atoms with van der Waals surface area (Å²) < 4.78 is 0. The molecule has 0 aromatic heterocycles. The van der Waals surface area contributed by atoms with Crippen LogP contribution in [-0.2, 0) is 14.4 Å². The maximum Gasteiger partial charge on any atom is 0.308 e. The number of piperidine rings is 1. The Morgan fingerprint density at radius 3 is 2.47 bits per heavy atom. The van der Waals surface area contributed by atoms with Gasteiger partial charge in [-0.2, -0.15) is 0 Å². The van der Waals surface area contributed by atoms with Crippen molar-refractivity contribution >= 4 is 17.8 Å². The van der Waals surface area contributed by atoms with E-state index in [4.69, 9.17) is 5.11 Å². The van der Waals surface area contributed by atoms with E-state index in [-0.39, 0.29) is 30.3 Å². The molecular formula is C13H22N2O4. The summed E-state index contributed by atoms with van der Waals surface area (Å²) >= 11 is 0. The number of aliphatic carboxylic acids is 1. The highest BCUT2D eigenvalue weighted by Crippen LogP contribution is 2.20. The van der Waals surface area contributed by atoms with Crippen molar-refractivity contribution in [2.45, 2.75) is 52.1 Å². The summed E-state index contributed by atoms with van der Waals surface area (Å²) in [6.07, 6.45) is 0.530. The van der Waals surface area contributed by atoms with Crippen LogP contribution in [-0.4, -0.2) is 45.9 Å². The minimum atomic E-state index is -0.916. The monoisotopic (exact) mass is 270 g/mol. The summed E-state index contributed by atoms with van der Waals surface area (Å²) in [5.74, 6) is -1.91. The molecule has 6 nitrogen and oxygen atoms in total. The highest BCUT2D eigenvalue weighted by atomic mass is 16.4. The molecule has 1 saturated heterocycles. The van der Waals surface area contributed by atoms with Gasteiger partial charge in [-0.25, -0.2) is 0 Å². The van der Waals surface area contributed by atoms with Crippen molar-refractivity contribution in [3.8, 4) is 0 Å². The van der Waals surface area contributed by atoms with Crippen LogP contribution in [0.5, 0.6) is 0 Å². The second kappa shape index (κ2) is 5.59. The molecule has 2 N–H and O–H groups in total. The molecule has 0 spiro atoms. The predicted octanol–water partition coefficient (Wildman–Crippen LogP) is 0.613. The first kappa shape index (κ1) is 15.5. The van der Waals surface area contributed by atoms with Gasteiger partial charge in [0.05, 0.1) is 5.92 Å². The Hall–Kier alpha value is -1.59. The molecule has 0 bridgehead atoms. The van der Waals surface area contributed by atoms with Crippen LogP contribution in [0.15, 0.2) is 0 Å². The molecule has 2 atom stereocenters. The van der Waals surface area contributed by atoms with Crippen molar-refractivity contribution in [1.82, 2.24) is 10.2 Å². The number of nitrogens with zero attached hydrogens (tertiary/aromatic N) is 1. The van der Waals surface area contributed by atoms with Crippen molar-refractivity contribution in [2.24, 2.45) is 5.92 Å². The number of rotatable bonds is 3. The Morgan fingerprint density at radius 2 is 2.00 bits per heavy atom. The van der Waals surface area contributed by atoms with Crippen molar-refractivity contribution in [2.75, 3.05) is 6.54 Å². The lowest BCUT2D eigenvalue weighted by Crippen LogP contribution is -2.55. The maximum absolute atomic E-state index is 12.0. The Balaban J connectivity index is 2.73. The summed E-state index contributed by atoms with van der Waals surface area (Å²) in [4.78, 5) is 36.2. The number of carboxylic acid groups (broad SMARTS) is 1. The number of carbonyl (C=O) groups is 3. The summed E-state index contributed by atoms with van der Waals surface area (Å²) in [7, 11) is 0. The minimum absolute atomic E-state index is 0.104. The quantitative estimate of drug-likeness (QED) is 0.786. The van der Waals surface area contributed by atoms with Gasteiger partial charge in [-0.1, -0.05) is 0 Å². The first-order valence-electron chi connectivity index (χ1n) is 6.46. The van der Waals surface area contributed by atoms with Crippen molar-refractivity contribution < 1.29 is 19.5 Å². The van der Waals surface area contributed by atoms with Gasteiger partial charge in [0.15, 0.2) is 0 Å². The largest absolute Gasteiger partial charge is 0.481 e. The number of hydrogen-bond donors (Lipinski definition) is 2. The zero-order valence-electron chi connectivity index (χ0n) is 11.9. The topological polar surface area (TPSA) is 86.7 Å². The average Bonchev–Trinajstić information content (AvgIpc) is 2.26. The highest BCUT2D eigenvalue weighted by Gasteiger charge is 2.35. The van der Waals surface area contributed by atoms with Gasteiger partial charge in [-0.05, 0) is 34.1 Å². The van der Waals surface area contributed by atoms with Crippen LogP contribution in [0.25, 0.3) is 0 Å². The molecular weight excluding hydrogens is 248 g/mol. The van der Waals surface area contributed by atoms with E-state index in [2.05, 4.69) is 5.32 Å². The fourth-order valence-corrected chi connectivity index (χ4v) is 2.06. The van der Waals surface area contributed by atoms with Crippen LogP contribution in [0, 0.1) is 5.92 Å². The van der Waals surface area contributed by atoms with Gasteiger partial charge in [0.2, 0.25) is 11.8 Å². The molecule has 1 rings (SSSR count). The molecule has 2 amide bonds. The van der Waals surface area contributed by atoms with E-state index in [0.717, 1.165) is 0 Å². The Morgan fingerprint density at radius 1 is 1.42 bits per heavy atom. The predicted molar refractivity (Wildman–Crippen MR) is 69.4 cm³/mol. The van der Waals surface area contributed by atoms with Crippen molar-refractivity contribution in [3.05, 3.63) is 0 Å². The molecule has 0 aliphatic carbocycles. The van der Waals surface area contributed by atoms with E-state index in [1.165, 1.54) is 4.90 Å². The first-order valence-corrected chi connectivity index (χ1v) is 6.46. The normalized spacial score (nSPS) is 22.0. The van der Waals surface area contributed by atoms with E-state index in [1.54, 1.807) is 6.92 Å². The summed E-state index contributed by atoms with van der Waals surface area (Å²) in [5.41, 5.74) is -0.379. The highest BCUT2D eigenvalue weighted by molar-refractivity contribution is 5.89. The molecule has 1 fully saturated rings. The molecule has 108 valence electrons. The Labute approximate surface area is 113 Å². The molecule has 2 unspecified atom stereocenters. The second-order valence-corrected chi connectivity index (χ2v) is 6.04. The van der Waals surface area contributed by atoms with Crippen LogP contribution >= 0.6 is 0 Å². The molecule has 1 heterocycles. The van der Waals surface area contributed by atoms with Crippen LogP contribution < -0.4 is 5.32 Å². The van der Waals surface area contributed by atoms with Crippen LogP contribution in [0.3, 0.4) is 0 Å². The lowest BCUT2D eigenvalue weighted by Gasteiger charge is -2.35. The van der Waals surface area contributed by atoms with E-state index in [1.807, 2.05) is 20.8 Å². The van der Waals surface area contributed by atoms with Crippen molar-refractivity contribution in [1.29, 1.82) is 0 Å². The minimum Gasteiger partial charge on any atom is -0.481 e. The fraction of sp³-hybridized carbons (Fsp3) is 0.769. The van der Waals surface area contributed by atoms with Gasteiger partial charge in [0, 0.05) is 18.5 Å². The van der Waals surface area contributed by atoms with Gasteiger partial charge in [-0.15, -0.1) is 0 Å². The van der Waals surface area contributed by atoms with E-state index < -0.39 is 17.9 Å². The number of hydrogen-bond acceptors (Lipinski definition) is 3. The van der Waals surface area contributed by atoms with Crippen LogP contribution in [0.4, 0.5) is 0 Å². The van der Waals surface area contributed by atoms with Gasteiger partial charge in [0.1, 0.15) is 6.04 Å². The number of nitrogens with one attached hydrogen (secondary N) is 1. The third-order valence-corrected chi connectivity index (χ3v) is 3.14. The molecule has 0 saturated carbocycles. The molecule has 1 aliphatic heterocycles. The molecule has 6 heteroatoms. The molecule has 0 radical (unpaired) electrons. The summed E-state index contributed by atoms with van der Waals surface area (Å²) in [6.45, 7) is 7.30. The standard InChI is InChI=1S/C13H22N2O4/c1-8(11(17)14-13(2,3)4)15-7-9(12(18)19)5-6-10(15)16/h8-9H,5-7H2,1-4H3,(H,14,17)(H,18,19). The van der Waals surface area contributed by atoms with Gasteiger partial charge in [0.25, 0.3) is 0 Å². The third-order valence-electron chi connectivity index (χ3n) is 3.14. The zero-order chi connectivity index (χ0) is 14.8. The van der Waals surface area contributed by atoms with Crippen LogP contribution in [0.2, 0.25) is 0 Å². The lowest BCUT2D eigenvalue weighted by molar-refractivity contribution is -0.151. The average molecular weight is 270 g/mol. The molecule has 0 aromatic rings. The molecule has 1 aliphatic rings. The fourth-order valence-electron chi connectivity index (χ4n) is 2.06. The smallest absolute Gasteiger partial charge is 0.308 e. The second-order valence-electron chi connectivity index (χ2n) is 6.04. The third kappa shape index (κ3) is 4.22. The van der Waals surface area contributed by atoms with E-state index >= 15 is 0 Å². The van der Waals surface area contributed by atoms with Crippen molar-refractivity contribution in [3.63, 3.8) is 0 Å². The van der Waals surface area contributed by atoms with Gasteiger partial charge >= 0.3 is 5.97 Å². The molecule has 19 heavy (non-hydrogen) atoms. The Kier molecular flexibility index (Phi) is 4.55. The SMILES string of the molecule is CC(C(=O)NC(C)(C)C)N1CC(C(=O)O)CCC1=O. The Bertz CT molecular complexity index is 387. The van der Waals surface area contributed by atoms with Crippen LogP contribution in [0.1, 0.15) is 40.5 Å². The van der Waals surface area contributed by atoms with Gasteiger partial charge < -0.3 is 15.3 Å². The van der Waals surface area contributed by atoms with E-state index in [9.17, 15) is 14.4 Å².